The molecule has 0 unspecified atom stereocenters. The Labute approximate surface area is 124 Å². The number of hydrogen-bond donors (Lipinski definition) is 0. The molecule has 0 fully saturated rings. The van der Waals surface area contributed by atoms with E-state index in [-0.39, 0.29) is 6.42 Å². The first-order valence-electron chi connectivity index (χ1n) is 6.36. The fourth-order valence-electron chi connectivity index (χ4n) is 2.40. The number of allylic oxidation sites excluding steroid dienone is 1. The molecule has 0 bridgehead atoms. The minimum atomic E-state index is -1.64. The van der Waals surface area contributed by atoms with Crippen molar-refractivity contribution in [3.63, 3.8) is 0 Å². The van der Waals surface area contributed by atoms with E-state index in [0.717, 1.165) is 5.56 Å². The van der Waals surface area contributed by atoms with Gasteiger partial charge in [0, 0.05) is 12.3 Å². The molecule has 0 saturated heterocycles. The van der Waals surface area contributed by atoms with Crippen molar-refractivity contribution in [2.45, 2.75) is 12.3 Å². The van der Waals surface area contributed by atoms with Crippen molar-refractivity contribution in [2.24, 2.45) is 5.41 Å². The quantitative estimate of drug-likeness (QED) is 0.348. The van der Waals surface area contributed by atoms with Crippen molar-refractivity contribution in [3.8, 4) is 12.3 Å². The van der Waals surface area contributed by atoms with Crippen LogP contribution in [0.15, 0.2) is 43.0 Å². The Balaban J connectivity index is 3.52. The van der Waals surface area contributed by atoms with E-state index in [4.69, 9.17) is 15.9 Å². The average molecular weight is 286 g/mol. The lowest BCUT2D eigenvalue weighted by atomic mass is 9.69. The fourth-order valence-corrected chi connectivity index (χ4v) is 2.40. The van der Waals surface area contributed by atoms with Gasteiger partial charge in [-0.2, -0.15) is 0 Å². The third-order valence-electron chi connectivity index (χ3n) is 3.41. The summed E-state index contributed by atoms with van der Waals surface area (Å²) in [5, 5.41) is 0. The van der Waals surface area contributed by atoms with Gasteiger partial charge in [0.25, 0.3) is 0 Å². The molecule has 0 amide bonds. The maximum Gasteiger partial charge on any atom is 0.325 e. The maximum absolute atomic E-state index is 12.3. The minimum Gasteiger partial charge on any atom is -0.468 e. The van der Waals surface area contributed by atoms with E-state index >= 15 is 0 Å². The monoisotopic (exact) mass is 286 g/mol. The Morgan fingerprint density at radius 2 is 1.81 bits per heavy atom. The smallest absolute Gasteiger partial charge is 0.325 e. The zero-order chi connectivity index (χ0) is 15.9. The highest BCUT2D eigenvalue weighted by molar-refractivity contribution is 6.02. The largest absolute Gasteiger partial charge is 0.468 e. The van der Waals surface area contributed by atoms with Crippen LogP contribution < -0.4 is 0 Å². The molecule has 0 aliphatic carbocycles. The second-order valence-electron chi connectivity index (χ2n) is 4.46. The lowest BCUT2D eigenvalue weighted by Gasteiger charge is -2.33. The number of terminal acetylenes is 1. The van der Waals surface area contributed by atoms with Crippen LogP contribution in [0.5, 0.6) is 0 Å². The Hall–Kier alpha value is -2.54. The molecule has 0 radical (unpaired) electrons. The van der Waals surface area contributed by atoms with E-state index in [0.29, 0.717) is 0 Å². The summed E-state index contributed by atoms with van der Waals surface area (Å²) in [7, 11) is 2.42. The Kier molecular flexibility index (Phi) is 5.74. The van der Waals surface area contributed by atoms with Gasteiger partial charge in [-0.3, -0.25) is 9.59 Å². The molecule has 0 spiro atoms. The van der Waals surface area contributed by atoms with Crippen LogP contribution in [-0.2, 0) is 19.1 Å². The Morgan fingerprint density at radius 3 is 2.19 bits per heavy atom. The molecule has 0 aliphatic heterocycles. The van der Waals surface area contributed by atoms with E-state index in [1.165, 1.54) is 20.3 Å². The number of ether oxygens (including phenoxy) is 2. The first-order valence-corrected chi connectivity index (χ1v) is 6.36. The molecular weight excluding hydrogens is 268 g/mol. The van der Waals surface area contributed by atoms with Crippen LogP contribution in [0.2, 0.25) is 0 Å². The molecule has 110 valence electrons. The van der Waals surface area contributed by atoms with Crippen LogP contribution in [0.4, 0.5) is 0 Å². The SMILES string of the molecule is C#CCC(C(=O)OC)(C(=O)OC)[C@H](C=C)c1ccccc1. The molecule has 0 heterocycles. The summed E-state index contributed by atoms with van der Waals surface area (Å²) in [6.45, 7) is 3.73. The first kappa shape index (κ1) is 16.5. The van der Waals surface area contributed by atoms with Gasteiger partial charge in [0.2, 0.25) is 0 Å². The summed E-state index contributed by atoms with van der Waals surface area (Å²) in [6, 6.07) is 9.04. The van der Waals surface area contributed by atoms with Crippen molar-refractivity contribution < 1.29 is 19.1 Å². The summed E-state index contributed by atoms with van der Waals surface area (Å²) < 4.78 is 9.62. The topological polar surface area (TPSA) is 52.6 Å². The number of esters is 2. The van der Waals surface area contributed by atoms with Crippen LogP contribution in [0, 0.1) is 17.8 Å². The van der Waals surface area contributed by atoms with Gasteiger partial charge < -0.3 is 9.47 Å². The van der Waals surface area contributed by atoms with Crippen LogP contribution in [-0.4, -0.2) is 26.2 Å². The summed E-state index contributed by atoms with van der Waals surface area (Å²) in [4.78, 5) is 24.7. The number of hydrogen-bond acceptors (Lipinski definition) is 4. The van der Waals surface area contributed by atoms with Gasteiger partial charge in [-0.25, -0.2) is 0 Å². The summed E-state index contributed by atoms with van der Waals surface area (Å²) in [5.74, 6) is 0.260. The third kappa shape index (κ3) is 2.97. The van der Waals surface area contributed by atoms with Gasteiger partial charge in [-0.1, -0.05) is 36.4 Å². The van der Waals surface area contributed by atoms with Gasteiger partial charge in [0.1, 0.15) is 0 Å². The van der Waals surface area contributed by atoms with Crippen LogP contribution in [0.1, 0.15) is 17.9 Å². The molecule has 0 aromatic heterocycles. The predicted molar refractivity (Wildman–Crippen MR) is 79.3 cm³/mol. The number of rotatable bonds is 6. The number of benzene rings is 1. The standard InChI is InChI=1S/C17H18O4/c1-5-12-17(15(18)20-3,16(19)21-4)14(6-2)13-10-8-7-9-11-13/h1,6-11,14H,2,12H2,3-4H3/t14-/m1/s1. The highest BCUT2D eigenvalue weighted by Gasteiger charge is 2.53. The van der Waals surface area contributed by atoms with E-state index in [9.17, 15) is 9.59 Å². The van der Waals surface area contributed by atoms with Crippen molar-refractivity contribution in [1.29, 1.82) is 0 Å². The predicted octanol–water partition coefficient (Wildman–Crippen LogP) is 2.31. The van der Waals surface area contributed by atoms with Gasteiger partial charge >= 0.3 is 11.9 Å². The van der Waals surface area contributed by atoms with Crippen LogP contribution in [0.3, 0.4) is 0 Å². The molecule has 1 aromatic rings. The highest BCUT2D eigenvalue weighted by atomic mass is 16.5. The van der Waals surface area contributed by atoms with Crippen molar-refractivity contribution in [1.82, 2.24) is 0 Å². The minimum absolute atomic E-state index is 0.141. The molecular formula is C17H18O4. The van der Waals surface area contributed by atoms with Crippen molar-refractivity contribution >= 4 is 11.9 Å². The lowest BCUT2D eigenvalue weighted by molar-refractivity contribution is -0.169. The molecule has 0 aliphatic rings. The summed E-state index contributed by atoms with van der Waals surface area (Å²) >= 11 is 0. The molecule has 0 N–H and O–H groups in total. The molecule has 4 heteroatoms. The van der Waals surface area contributed by atoms with E-state index in [1.54, 1.807) is 24.3 Å². The zero-order valence-corrected chi connectivity index (χ0v) is 12.2. The average Bonchev–Trinajstić information content (AvgIpc) is 2.54. The first-order chi connectivity index (χ1) is 10.1. The number of carbonyl (C=O) groups excluding carboxylic acids is 2. The second kappa shape index (κ2) is 7.30. The van der Waals surface area contributed by atoms with E-state index in [1.807, 2.05) is 6.07 Å². The Bertz CT molecular complexity index is 538. The highest BCUT2D eigenvalue weighted by Crippen LogP contribution is 2.42. The molecule has 4 nitrogen and oxygen atoms in total. The van der Waals surface area contributed by atoms with Gasteiger partial charge in [0.15, 0.2) is 5.41 Å². The van der Waals surface area contributed by atoms with Crippen molar-refractivity contribution in [2.75, 3.05) is 14.2 Å². The van der Waals surface area contributed by atoms with Crippen LogP contribution >= 0.6 is 0 Å². The van der Waals surface area contributed by atoms with Gasteiger partial charge in [-0.15, -0.1) is 18.9 Å². The number of methoxy groups -OCH3 is 2. The molecule has 21 heavy (non-hydrogen) atoms. The molecule has 0 saturated carbocycles. The van der Waals surface area contributed by atoms with E-state index in [2.05, 4.69) is 12.5 Å². The van der Waals surface area contributed by atoms with E-state index < -0.39 is 23.3 Å². The molecule has 1 atom stereocenters. The summed E-state index contributed by atoms with van der Waals surface area (Å²) in [6.07, 6.45) is 6.74. The fraction of sp³-hybridized carbons (Fsp3) is 0.294. The maximum atomic E-state index is 12.3. The number of carbonyl (C=O) groups is 2. The molecule has 1 rings (SSSR count). The van der Waals surface area contributed by atoms with Crippen LogP contribution in [0.25, 0.3) is 0 Å². The van der Waals surface area contributed by atoms with Crippen molar-refractivity contribution in [3.05, 3.63) is 48.6 Å². The normalized spacial score (nSPS) is 11.9. The second-order valence-corrected chi connectivity index (χ2v) is 4.46. The van der Waals surface area contributed by atoms with Gasteiger partial charge in [-0.05, 0) is 5.56 Å². The van der Waals surface area contributed by atoms with Gasteiger partial charge in [0.05, 0.1) is 14.2 Å². The summed E-state index contributed by atoms with van der Waals surface area (Å²) in [5.41, 5.74) is -0.903. The third-order valence-corrected chi connectivity index (χ3v) is 3.41. The Morgan fingerprint density at radius 1 is 1.29 bits per heavy atom. The molecule has 1 aromatic carbocycles. The zero-order valence-electron chi connectivity index (χ0n) is 12.2. The lowest BCUT2D eigenvalue weighted by Crippen LogP contribution is -2.45.